The molecule has 0 spiro atoms. The van der Waals surface area contributed by atoms with E-state index in [1.807, 2.05) is 0 Å². The summed E-state index contributed by atoms with van der Waals surface area (Å²) in [7, 11) is -4.39. The summed E-state index contributed by atoms with van der Waals surface area (Å²) in [5.41, 5.74) is 0.106. The van der Waals surface area contributed by atoms with E-state index in [-0.39, 0.29) is 23.7 Å². The quantitative estimate of drug-likeness (QED) is 0.634. The Morgan fingerprint density at radius 1 is 1.14 bits per heavy atom. The molecule has 146 valence electrons. The molecule has 0 unspecified atom stereocenters. The fourth-order valence-corrected chi connectivity index (χ4v) is 3.57. The number of halogens is 2. The Labute approximate surface area is 159 Å². The summed E-state index contributed by atoms with van der Waals surface area (Å²) in [5.74, 6) is -2.54. The van der Waals surface area contributed by atoms with Crippen molar-refractivity contribution in [3.8, 4) is 5.69 Å². The van der Waals surface area contributed by atoms with Crippen LogP contribution >= 0.6 is 0 Å². The topological polar surface area (TPSA) is 90.3 Å². The second kappa shape index (κ2) is 7.77. The number of aromatic nitrogens is 2. The van der Waals surface area contributed by atoms with Crippen LogP contribution in [0.15, 0.2) is 59.6 Å². The lowest BCUT2D eigenvalue weighted by Crippen LogP contribution is -2.19. The Kier molecular flexibility index (Phi) is 5.41. The lowest BCUT2D eigenvalue weighted by atomic mass is 10.3. The largest absolute Gasteiger partial charge is 0.462 e. The first kappa shape index (κ1) is 19.5. The molecule has 2 aromatic carbocycles. The van der Waals surface area contributed by atoms with E-state index in [1.54, 1.807) is 6.92 Å². The summed E-state index contributed by atoms with van der Waals surface area (Å²) in [6.07, 6.45) is 1.11. The number of sulfonamides is 1. The van der Waals surface area contributed by atoms with Crippen LogP contribution in [0.1, 0.15) is 17.3 Å². The lowest BCUT2D eigenvalue weighted by Gasteiger charge is -2.13. The zero-order chi connectivity index (χ0) is 20.3. The average molecular weight is 407 g/mol. The predicted molar refractivity (Wildman–Crippen MR) is 96.7 cm³/mol. The molecule has 3 rings (SSSR count). The number of carbonyl (C=O) groups is 1. The molecule has 0 bridgehead atoms. The maximum absolute atomic E-state index is 14.0. The Bertz CT molecular complexity index is 1110. The smallest absolute Gasteiger partial charge is 0.343 e. The standard InChI is InChI=1S/C18H15F2N3O4S/c1-2-27-18(24)14-11-21-23(13-9-7-12(19)8-10-13)17(14)22-28(25,26)16-6-4-3-5-15(16)20/h3-11,22H,2H2,1H3. The van der Waals surface area contributed by atoms with Gasteiger partial charge in [-0.05, 0) is 43.3 Å². The van der Waals surface area contributed by atoms with Gasteiger partial charge in [0, 0.05) is 0 Å². The van der Waals surface area contributed by atoms with Crippen LogP contribution in [0, 0.1) is 11.6 Å². The van der Waals surface area contributed by atoms with Crippen molar-refractivity contribution in [2.24, 2.45) is 0 Å². The number of nitrogens with zero attached hydrogens (tertiary/aromatic N) is 2. The Morgan fingerprint density at radius 3 is 2.46 bits per heavy atom. The molecule has 3 aromatic rings. The summed E-state index contributed by atoms with van der Waals surface area (Å²) in [4.78, 5) is 11.6. The first-order valence-electron chi connectivity index (χ1n) is 8.12. The highest BCUT2D eigenvalue weighted by atomic mass is 32.2. The van der Waals surface area contributed by atoms with Crippen molar-refractivity contribution in [1.82, 2.24) is 9.78 Å². The SMILES string of the molecule is CCOC(=O)c1cnn(-c2ccc(F)cc2)c1NS(=O)(=O)c1ccccc1F. The van der Waals surface area contributed by atoms with Crippen molar-refractivity contribution in [3.63, 3.8) is 0 Å². The van der Waals surface area contributed by atoms with Crippen LogP contribution in [-0.2, 0) is 14.8 Å². The third kappa shape index (κ3) is 3.86. The number of carbonyl (C=O) groups excluding carboxylic acids is 1. The first-order valence-corrected chi connectivity index (χ1v) is 9.60. The number of nitrogens with one attached hydrogen (secondary N) is 1. The summed E-state index contributed by atoms with van der Waals surface area (Å²) < 4.78 is 60.8. The van der Waals surface area contributed by atoms with Gasteiger partial charge in [-0.2, -0.15) is 5.10 Å². The molecular weight excluding hydrogens is 392 g/mol. The highest BCUT2D eigenvalue weighted by Gasteiger charge is 2.26. The molecule has 0 aliphatic rings. The predicted octanol–water partition coefficient (Wildman–Crippen LogP) is 3.13. The van der Waals surface area contributed by atoms with Crippen molar-refractivity contribution < 1.29 is 26.7 Å². The molecule has 1 heterocycles. The highest BCUT2D eigenvalue weighted by molar-refractivity contribution is 7.92. The normalized spacial score (nSPS) is 11.2. The number of anilines is 1. The van der Waals surface area contributed by atoms with Crippen LogP contribution in [0.5, 0.6) is 0 Å². The second-order valence-corrected chi connectivity index (χ2v) is 7.20. The summed E-state index contributed by atoms with van der Waals surface area (Å²) in [6.45, 7) is 1.64. The fourth-order valence-electron chi connectivity index (χ4n) is 2.43. The van der Waals surface area contributed by atoms with Gasteiger partial charge in [-0.25, -0.2) is 26.7 Å². The minimum atomic E-state index is -4.39. The van der Waals surface area contributed by atoms with Gasteiger partial charge in [0.1, 0.15) is 22.1 Å². The van der Waals surface area contributed by atoms with E-state index in [4.69, 9.17) is 4.74 Å². The number of ether oxygens (including phenoxy) is 1. The van der Waals surface area contributed by atoms with Crippen LogP contribution in [-0.4, -0.2) is 30.8 Å². The van der Waals surface area contributed by atoms with Gasteiger partial charge in [0.05, 0.1) is 18.5 Å². The van der Waals surface area contributed by atoms with Crippen LogP contribution in [0.25, 0.3) is 5.69 Å². The maximum atomic E-state index is 14.0. The summed E-state index contributed by atoms with van der Waals surface area (Å²) >= 11 is 0. The van der Waals surface area contributed by atoms with E-state index in [2.05, 4.69) is 9.82 Å². The van der Waals surface area contributed by atoms with Gasteiger partial charge in [0.15, 0.2) is 5.82 Å². The molecule has 0 fully saturated rings. The molecule has 10 heteroatoms. The number of esters is 1. The minimum absolute atomic E-state index is 0.0556. The van der Waals surface area contributed by atoms with Crippen molar-refractivity contribution >= 4 is 21.8 Å². The van der Waals surface area contributed by atoms with Gasteiger partial charge in [-0.3, -0.25) is 4.72 Å². The Balaban J connectivity index is 2.11. The van der Waals surface area contributed by atoms with Crippen LogP contribution in [0.3, 0.4) is 0 Å². The van der Waals surface area contributed by atoms with Crippen LogP contribution < -0.4 is 4.72 Å². The van der Waals surface area contributed by atoms with Crippen molar-refractivity contribution in [2.45, 2.75) is 11.8 Å². The molecule has 1 N–H and O–H groups in total. The molecule has 0 aliphatic heterocycles. The number of rotatable bonds is 6. The van der Waals surface area contributed by atoms with E-state index in [0.29, 0.717) is 0 Å². The van der Waals surface area contributed by atoms with Crippen molar-refractivity contribution in [1.29, 1.82) is 0 Å². The average Bonchev–Trinajstić information content (AvgIpc) is 3.05. The molecule has 0 saturated carbocycles. The van der Waals surface area contributed by atoms with Gasteiger partial charge in [-0.1, -0.05) is 12.1 Å². The van der Waals surface area contributed by atoms with Crippen molar-refractivity contribution in [3.05, 3.63) is 71.9 Å². The second-order valence-electron chi connectivity index (χ2n) is 5.55. The van der Waals surface area contributed by atoms with Crippen LogP contribution in [0.2, 0.25) is 0 Å². The minimum Gasteiger partial charge on any atom is -0.462 e. The molecule has 0 atom stereocenters. The third-order valence-corrected chi connectivity index (χ3v) is 5.07. The van der Waals surface area contributed by atoms with E-state index < -0.39 is 32.5 Å². The molecular formula is C18H15F2N3O4S. The number of benzene rings is 2. The molecule has 0 radical (unpaired) electrons. The molecule has 1 aromatic heterocycles. The maximum Gasteiger partial charge on any atom is 0.343 e. The van der Waals surface area contributed by atoms with Gasteiger partial charge in [0.2, 0.25) is 0 Å². The van der Waals surface area contributed by atoms with Crippen LogP contribution in [0.4, 0.5) is 14.6 Å². The fraction of sp³-hybridized carbons (Fsp3) is 0.111. The summed E-state index contributed by atoms with van der Waals surface area (Å²) in [5, 5.41) is 3.99. The number of hydrogen-bond donors (Lipinski definition) is 1. The lowest BCUT2D eigenvalue weighted by molar-refractivity contribution is 0.0527. The van der Waals surface area contributed by atoms with E-state index in [0.717, 1.165) is 35.1 Å². The molecule has 0 saturated heterocycles. The van der Waals surface area contributed by atoms with Gasteiger partial charge in [-0.15, -0.1) is 0 Å². The highest BCUT2D eigenvalue weighted by Crippen LogP contribution is 2.25. The Hall–Kier alpha value is -3.27. The zero-order valence-electron chi connectivity index (χ0n) is 14.6. The van der Waals surface area contributed by atoms with E-state index in [1.165, 1.54) is 24.3 Å². The van der Waals surface area contributed by atoms with E-state index in [9.17, 15) is 22.0 Å². The molecule has 0 amide bonds. The Morgan fingerprint density at radius 2 is 1.82 bits per heavy atom. The first-order chi connectivity index (χ1) is 13.3. The zero-order valence-corrected chi connectivity index (χ0v) is 15.4. The van der Waals surface area contributed by atoms with Gasteiger partial charge >= 0.3 is 5.97 Å². The molecule has 28 heavy (non-hydrogen) atoms. The third-order valence-electron chi connectivity index (χ3n) is 3.69. The van der Waals surface area contributed by atoms with Gasteiger partial charge in [0.25, 0.3) is 10.0 Å². The van der Waals surface area contributed by atoms with E-state index >= 15 is 0 Å². The molecule has 0 aliphatic carbocycles. The van der Waals surface area contributed by atoms with Gasteiger partial charge < -0.3 is 4.74 Å². The molecule has 7 nitrogen and oxygen atoms in total. The summed E-state index contributed by atoms with van der Waals surface area (Å²) in [6, 6.07) is 9.78. The monoisotopic (exact) mass is 407 g/mol. The van der Waals surface area contributed by atoms with Crippen molar-refractivity contribution in [2.75, 3.05) is 11.3 Å². The number of hydrogen-bond acceptors (Lipinski definition) is 5.